The Morgan fingerprint density at radius 3 is 1.51 bits per heavy atom. The fourth-order valence-corrected chi connectivity index (χ4v) is 5.90. The molecule has 0 spiro atoms. The smallest absolute Gasteiger partial charge is 0.160 e. The largest absolute Gasteiger partial charge is 0.456 e. The van der Waals surface area contributed by atoms with E-state index in [1.807, 2.05) is 60.7 Å². The third-order valence-corrected chi connectivity index (χ3v) is 8.23. The van der Waals surface area contributed by atoms with E-state index in [4.69, 9.17) is 14.4 Å². The Bertz CT molecular complexity index is 2290. The van der Waals surface area contributed by atoms with E-state index in [-0.39, 0.29) is 0 Å². The third-order valence-electron chi connectivity index (χ3n) is 8.23. The van der Waals surface area contributed by atoms with Crippen molar-refractivity contribution in [1.82, 2.24) is 0 Å². The van der Waals surface area contributed by atoms with Gasteiger partial charge in [0.05, 0.1) is 11.4 Å². The van der Waals surface area contributed by atoms with E-state index in [1.54, 1.807) is 0 Å². The van der Waals surface area contributed by atoms with Crippen molar-refractivity contribution in [3.05, 3.63) is 187 Å². The standard InChI is InChI=1S/C42H28N2O/c1-28-25-38(32-13-7-3-8-14-32)43-42(33-15-9-4-10-16-33)44-41(28)35-22-24-37-36-23-21-34(26-39(36)45-40(37)27-35)31-19-17-30(18-20-31)29-11-5-2-6-12-29/h2-27H,1H2. The lowest BCUT2D eigenvalue weighted by molar-refractivity contribution is 0.669. The second-order valence-corrected chi connectivity index (χ2v) is 11.2. The third kappa shape index (κ3) is 5.11. The van der Waals surface area contributed by atoms with Gasteiger partial charge in [-0.2, -0.15) is 0 Å². The van der Waals surface area contributed by atoms with Crippen LogP contribution in [-0.2, 0) is 0 Å². The predicted octanol–water partition coefficient (Wildman–Crippen LogP) is 10.8. The first-order valence-corrected chi connectivity index (χ1v) is 15.0. The molecular formula is C42H28N2O. The SMILES string of the molecule is C=C1C=C(c2ccccc2)N=C(c2ccccc2)N=C1c1ccc2c(c1)oc1cc(-c3ccc(-c4ccccc4)cc3)ccc12. The van der Waals surface area contributed by atoms with Gasteiger partial charge < -0.3 is 4.42 Å². The Kier molecular flexibility index (Phi) is 6.62. The van der Waals surface area contributed by atoms with Crippen molar-refractivity contribution in [2.24, 2.45) is 9.98 Å². The molecule has 7 aromatic rings. The van der Waals surface area contributed by atoms with Crippen molar-refractivity contribution in [2.75, 3.05) is 0 Å². The Balaban J connectivity index is 1.17. The van der Waals surface area contributed by atoms with Crippen molar-refractivity contribution >= 4 is 39.2 Å². The molecule has 0 atom stereocenters. The van der Waals surface area contributed by atoms with Gasteiger partial charge in [0.15, 0.2) is 5.84 Å². The Hall–Kier alpha value is -6.06. The zero-order valence-electron chi connectivity index (χ0n) is 24.5. The van der Waals surface area contributed by atoms with E-state index in [0.29, 0.717) is 5.84 Å². The second-order valence-electron chi connectivity index (χ2n) is 11.2. The molecule has 0 radical (unpaired) electrons. The van der Waals surface area contributed by atoms with E-state index in [0.717, 1.165) is 66.7 Å². The van der Waals surface area contributed by atoms with Crippen LogP contribution in [0.2, 0.25) is 0 Å². The summed E-state index contributed by atoms with van der Waals surface area (Å²) in [6, 6.07) is 52.1. The molecule has 0 bridgehead atoms. The minimum Gasteiger partial charge on any atom is -0.456 e. The molecule has 1 aliphatic heterocycles. The lowest BCUT2D eigenvalue weighted by Crippen LogP contribution is -2.06. The summed E-state index contributed by atoms with van der Waals surface area (Å²) < 4.78 is 6.48. The number of amidine groups is 1. The molecule has 0 saturated carbocycles. The molecule has 6 aromatic carbocycles. The quantitative estimate of drug-likeness (QED) is 0.201. The minimum atomic E-state index is 0.645. The summed E-state index contributed by atoms with van der Waals surface area (Å²) in [6.07, 6.45) is 2.02. The zero-order chi connectivity index (χ0) is 30.2. The fourth-order valence-electron chi connectivity index (χ4n) is 5.90. The molecule has 0 amide bonds. The van der Waals surface area contributed by atoms with Gasteiger partial charge >= 0.3 is 0 Å². The number of fused-ring (bicyclic) bond motifs is 3. The van der Waals surface area contributed by atoms with Crippen molar-refractivity contribution < 1.29 is 4.42 Å². The Morgan fingerprint density at radius 2 is 0.889 bits per heavy atom. The van der Waals surface area contributed by atoms with Gasteiger partial charge in [-0.25, -0.2) is 9.98 Å². The average Bonchev–Trinajstić information content (AvgIpc) is 3.37. The van der Waals surface area contributed by atoms with Gasteiger partial charge in [-0.05, 0) is 58.2 Å². The Labute approximate surface area is 261 Å². The van der Waals surface area contributed by atoms with E-state index < -0.39 is 0 Å². The zero-order valence-corrected chi connectivity index (χ0v) is 24.5. The number of nitrogens with zero attached hydrogens (tertiary/aromatic N) is 2. The first-order valence-electron chi connectivity index (χ1n) is 15.0. The van der Waals surface area contributed by atoms with E-state index >= 15 is 0 Å². The second kappa shape index (κ2) is 11.2. The summed E-state index contributed by atoms with van der Waals surface area (Å²) in [6.45, 7) is 4.42. The highest BCUT2D eigenvalue weighted by Gasteiger charge is 2.18. The number of aliphatic imine (C=N–C) groups is 2. The molecule has 2 heterocycles. The summed E-state index contributed by atoms with van der Waals surface area (Å²) in [5, 5.41) is 2.15. The molecule has 45 heavy (non-hydrogen) atoms. The molecular weight excluding hydrogens is 548 g/mol. The first-order chi connectivity index (χ1) is 22.2. The van der Waals surface area contributed by atoms with Crippen LogP contribution in [0, 0.1) is 0 Å². The summed E-state index contributed by atoms with van der Waals surface area (Å²) in [5.74, 6) is 0.645. The number of allylic oxidation sites excluding steroid dienone is 2. The van der Waals surface area contributed by atoms with Gasteiger partial charge in [0.1, 0.15) is 11.2 Å². The molecule has 0 aliphatic carbocycles. The normalized spacial score (nSPS) is 13.3. The van der Waals surface area contributed by atoms with Crippen LogP contribution in [0.4, 0.5) is 0 Å². The summed E-state index contributed by atoms with van der Waals surface area (Å²) in [7, 11) is 0. The molecule has 3 nitrogen and oxygen atoms in total. The molecule has 1 aromatic heterocycles. The Morgan fingerprint density at radius 1 is 0.422 bits per heavy atom. The molecule has 3 heteroatoms. The number of benzene rings is 6. The highest BCUT2D eigenvalue weighted by molar-refractivity contribution is 6.23. The summed E-state index contributed by atoms with van der Waals surface area (Å²) in [4.78, 5) is 10.1. The van der Waals surface area contributed by atoms with Gasteiger partial charge in [0.2, 0.25) is 0 Å². The lowest BCUT2D eigenvalue weighted by atomic mass is 9.98. The van der Waals surface area contributed by atoms with E-state index in [9.17, 15) is 0 Å². The highest BCUT2D eigenvalue weighted by atomic mass is 16.3. The van der Waals surface area contributed by atoms with Crippen LogP contribution in [0.25, 0.3) is 49.9 Å². The minimum absolute atomic E-state index is 0.645. The molecule has 0 unspecified atom stereocenters. The molecule has 212 valence electrons. The van der Waals surface area contributed by atoms with Gasteiger partial charge in [-0.3, -0.25) is 0 Å². The van der Waals surface area contributed by atoms with Crippen LogP contribution in [0.15, 0.2) is 184 Å². The maximum Gasteiger partial charge on any atom is 0.160 e. The van der Waals surface area contributed by atoms with Crippen molar-refractivity contribution in [3.63, 3.8) is 0 Å². The average molecular weight is 577 g/mol. The van der Waals surface area contributed by atoms with Gasteiger partial charge in [-0.15, -0.1) is 0 Å². The van der Waals surface area contributed by atoms with Crippen molar-refractivity contribution in [1.29, 1.82) is 0 Å². The number of hydrogen-bond acceptors (Lipinski definition) is 3. The maximum absolute atomic E-state index is 6.48. The molecule has 1 aliphatic rings. The van der Waals surface area contributed by atoms with Gasteiger partial charge in [0.25, 0.3) is 0 Å². The molecule has 8 rings (SSSR count). The first kappa shape index (κ1) is 26.6. The van der Waals surface area contributed by atoms with Crippen LogP contribution in [0.1, 0.15) is 16.7 Å². The van der Waals surface area contributed by atoms with Crippen molar-refractivity contribution in [2.45, 2.75) is 0 Å². The fraction of sp³-hybridized carbons (Fsp3) is 0. The van der Waals surface area contributed by atoms with Gasteiger partial charge in [-0.1, -0.05) is 134 Å². The number of hydrogen-bond donors (Lipinski definition) is 0. The van der Waals surface area contributed by atoms with Crippen molar-refractivity contribution in [3.8, 4) is 22.3 Å². The highest BCUT2D eigenvalue weighted by Crippen LogP contribution is 2.34. The topological polar surface area (TPSA) is 37.9 Å². The van der Waals surface area contributed by atoms with Crippen LogP contribution < -0.4 is 0 Å². The molecule has 0 N–H and O–H groups in total. The van der Waals surface area contributed by atoms with E-state index in [2.05, 4.69) is 104 Å². The predicted molar refractivity (Wildman–Crippen MR) is 188 cm³/mol. The molecule has 0 fully saturated rings. The lowest BCUT2D eigenvalue weighted by Gasteiger charge is -2.07. The van der Waals surface area contributed by atoms with Crippen LogP contribution in [0.3, 0.4) is 0 Å². The number of furan rings is 1. The monoisotopic (exact) mass is 576 g/mol. The summed E-state index contributed by atoms with van der Waals surface area (Å²) in [5.41, 5.74) is 11.6. The van der Waals surface area contributed by atoms with Gasteiger partial charge in [0, 0.05) is 27.5 Å². The van der Waals surface area contributed by atoms with Crippen LogP contribution in [0.5, 0.6) is 0 Å². The number of rotatable bonds is 5. The van der Waals surface area contributed by atoms with Crippen LogP contribution >= 0.6 is 0 Å². The van der Waals surface area contributed by atoms with Crippen LogP contribution in [-0.4, -0.2) is 11.5 Å². The summed E-state index contributed by atoms with van der Waals surface area (Å²) >= 11 is 0. The van der Waals surface area contributed by atoms with E-state index in [1.165, 1.54) is 11.1 Å². The molecule has 0 saturated heterocycles. The maximum atomic E-state index is 6.48.